The Labute approximate surface area is 112 Å². The number of hydrogen-bond donors (Lipinski definition) is 1. The average Bonchev–Trinajstić information content (AvgIpc) is 3.17. The molecule has 0 atom stereocenters. The fraction of sp³-hybridized carbons (Fsp3) is 0.538. The third-order valence-electron chi connectivity index (χ3n) is 2.76. The summed E-state index contributed by atoms with van der Waals surface area (Å²) in [5.41, 5.74) is 0.349. The third kappa shape index (κ3) is 4.63. The molecule has 0 saturated heterocycles. The Morgan fingerprint density at radius 3 is 3.11 bits per heavy atom. The van der Waals surface area contributed by atoms with E-state index in [0.717, 1.165) is 18.9 Å². The molecule has 1 fully saturated rings. The van der Waals surface area contributed by atoms with E-state index in [1.807, 2.05) is 0 Å². The normalized spacial score (nSPS) is 14.5. The van der Waals surface area contributed by atoms with Gasteiger partial charge in [0, 0.05) is 31.0 Å². The molecule has 1 heterocycles. The van der Waals surface area contributed by atoms with Gasteiger partial charge in [-0.15, -0.1) is 0 Å². The summed E-state index contributed by atoms with van der Waals surface area (Å²) in [6, 6.07) is 3.20. The highest BCUT2D eigenvalue weighted by Crippen LogP contribution is 2.28. The minimum atomic E-state index is -0.195. The lowest BCUT2D eigenvalue weighted by Crippen LogP contribution is -2.26. The minimum Gasteiger partial charge on any atom is -0.381 e. The predicted octanol–water partition coefficient (Wildman–Crippen LogP) is 2.28. The standard InChI is InChI=1S/C13H17ClN2O2/c14-11-4-6-15-12(8-11)13(17)16-5-1-7-18-9-10-2-3-10/h4,6,8,10H,1-3,5,7,9H2,(H,16,17). The number of aromatic nitrogens is 1. The molecule has 1 amide bonds. The molecule has 0 bridgehead atoms. The van der Waals surface area contributed by atoms with Gasteiger partial charge < -0.3 is 10.1 Å². The molecule has 1 saturated carbocycles. The molecule has 0 aliphatic heterocycles. The van der Waals surface area contributed by atoms with E-state index in [1.165, 1.54) is 19.0 Å². The number of nitrogens with one attached hydrogen (secondary N) is 1. The van der Waals surface area contributed by atoms with Crippen LogP contribution in [0.3, 0.4) is 0 Å². The number of rotatable bonds is 7. The van der Waals surface area contributed by atoms with Gasteiger partial charge in [0.05, 0.1) is 0 Å². The maximum atomic E-state index is 11.7. The largest absolute Gasteiger partial charge is 0.381 e. The Morgan fingerprint density at radius 1 is 1.56 bits per heavy atom. The van der Waals surface area contributed by atoms with Gasteiger partial charge in [0.15, 0.2) is 0 Å². The zero-order chi connectivity index (χ0) is 12.8. The summed E-state index contributed by atoms with van der Waals surface area (Å²) >= 11 is 5.79. The molecule has 5 heteroatoms. The van der Waals surface area contributed by atoms with Crippen molar-refractivity contribution in [3.63, 3.8) is 0 Å². The zero-order valence-electron chi connectivity index (χ0n) is 10.2. The van der Waals surface area contributed by atoms with Crippen molar-refractivity contribution < 1.29 is 9.53 Å². The summed E-state index contributed by atoms with van der Waals surface area (Å²) in [5.74, 6) is 0.593. The van der Waals surface area contributed by atoms with E-state index >= 15 is 0 Å². The smallest absolute Gasteiger partial charge is 0.269 e. The molecule has 1 aromatic heterocycles. The highest BCUT2D eigenvalue weighted by molar-refractivity contribution is 6.30. The SMILES string of the molecule is O=C(NCCCOCC1CC1)c1cc(Cl)ccn1. The number of halogens is 1. The van der Waals surface area contributed by atoms with Crippen LogP contribution in [0.5, 0.6) is 0 Å². The van der Waals surface area contributed by atoms with Crippen molar-refractivity contribution in [2.24, 2.45) is 5.92 Å². The summed E-state index contributed by atoms with van der Waals surface area (Å²) in [6.07, 6.45) is 4.95. The number of nitrogens with zero attached hydrogens (tertiary/aromatic N) is 1. The number of carbonyl (C=O) groups is 1. The van der Waals surface area contributed by atoms with Crippen molar-refractivity contribution in [2.75, 3.05) is 19.8 Å². The van der Waals surface area contributed by atoms with Gasteiger partial charge in [0.1, 0.15) is 5.69 Å². The van der Waals surface area contributed by atoms with Gasteiger partial charge in [-0.25, -0.2) is 0 Å². The fourth-order valence-corrected chi connectivity index (χ4v) is 1.69. The van der Waals surface area contributed by atoms with Gasteiger partial charge in [-0.1, -0.05) is 11.6 Å². The van der Waals surface area contributed by atoms with Gasteiger partial charge in [-0.3, -0.25) is 9.78 Å². The summed E-state index contributed by atoms with van der Waals surface area (Å²) in [7, 11) is 0. The fourth-order valence-electron chi connectivity index (χ4n) is 1.53. The van der Waals surface area contributed by atoms with Crippen LogP contribution in [0.25, 0.3) is 0 Å². The molecule has 1 aliphatic carbocycles. The van der Waals surface area contributed by atoms with E-state index in [1.54, 1.807) is 12.1 Å². The van der Waals surface area contributed by atoms with Crippen LogP contribution in [0.4, 0.5) is 0 Å². The van der Waals surface area contributed by atoms with E-state index in [9.17, 15) is 4.79 Å². The first-order chi connectivity index (χ1) is 8.75. The van der Waals surface area contributed by atoms with Gasteiger partial charge >= 0.3 is 0 Å². The number of pyridine rings is 1. The number of hydrogen-bond acceptors (Lipinski definition) is 3. The third-order valence-corrected chi connectivity index (χ3v) is 2.99. The van der Waals surface area contributed by atoms with E-state index in [-0.39, 0.29) is 5.91 Å². The molecule has 1 aliphatic rings. The van der Waals surface area contributed by atoms with E-state index < -0.39 is 0 Å². The maximum Gasteiger partial charge on any atom is 0.269 e. The first-order valence-corrected chi connectivity index (χ1v) is 6.61. The topological polar surface area (TPSA) is 51.2 Å². The average molecular weight is 269 g/mol. The van der Waals surface area contributed by atoms with Gasteiger partial charge in [0.2, 0.25) is 0 Å². The molecule has 0 radical (unpaired) electrons. The highest BCUT2D eigenvalue weighted by atomic mass is 35.5. The number of ether oxygens (including phenoxy) is 1. The number of amides is 1. The molecule has 0 spiro atoms. The Hall–Kier alpha value is -1.13. The second kappa shape index (κ2) is 6.71. The van der Waals surface area contributed by atoms with Gasteiger partial charge in [-0.05, 0) is 37.3 Å². The Morgan fingerprint density at radius 2 is 2.39 bits per heavy atom. The van der Waals surface area contributed by atoms with Crippen molar-refractivity contribution in [3.05, 3.63) is 29.0 Å². The van der Waals surface area contributed by atoms with Gasteiger partial charge in [0.25, 0.3) is 5.91 Å². The zero-order valence-corrected chi connectivity index (χ0v) is 10.9. The van der Waals surface area contributed by atoms with Crippen LogP contribution < -0.4 is 5.32 Å². The minimum absolute atomic E-state index is 0.195. The molecular weight excluding hydrogens is 252 g/mol. The Balaban J connectivity index is 1.59. The van der Waals surface area contributed by atoms with Crippen LogP contribution in [-0.2, 0) is 4.74 Å². The van der Waals surface area contributed by atoms with Crippen molar-refractivity contribution >= 4 is 17.5 Å². The molecule has 0 unspecified atom stereocenters. The molecule has 0 aromatic carbocycles. The van der Waals surface area contributed by atoms with Crippen molar-refractivity contribution in [3.8, 4) is 0 Å². The Kier molecular flexibility index (Phi) is 4.96. The first-order valence-electron chi connectivity index (χ1n) is 6.23. The van der Waals surface area contributed by atoms with Crippen LogP contribution in [0, 0.1) is 5.92 Å². The lowest BCUT2D eigenvalue weighted by molar-refractivity contribution is 0.0932. The summed E-state index contributed by atoms with van der Waals surface area (Å²) in [6.45, 7) is 2.15. The van der Waals surface area contributed by atoms with E-state index in [0.29, 0.717) is 23.9 Å². The van der Waals surface area contributed by atoms with Crippen LogP contribution in [0.2, 0.25) is 5.02 Å². The molecule has 98 valence electrons. The van der Waals surface area contributed by atoms with Crippen molar-refractivity contribution in [2.45, 2.75) is 19.3 Å². The Bertz CT molecular complexity index is 408. The number of carbonyl (C=O) groups excluding carboxylic acids is 1. The highest BCUT2D eigenvalue weighted by Gasteiger charge is 2.20. The lowest BCUT2D eigenvalue weighted by atomic mass is 10.3. The second-order valence-corrected chi connectivity index (χ2v) is 4.92. The van der Waals surface area contributed by atoms with E-state index in [2.05, 4.69) is 10.3 Å². The quantitative estimate of drug-likeness (QED) is 0.772. The van der Waals surface area contributed by atoms with Gasteiger partial charge in [-0.2, -0.15) is 0 Å². The molecular formula is C13H17ClN2O2. The maximum absolute atomic E-state index is 11.7. The lowest BCUT2D eigenvalue weighted by Gasteiger charge is -2.05. The van der Waals surface area contributed by atoms with Crippen LogP contribution in [-0.4, -0.2) is 30.6 Å². The molecule has 18 heavy (non-hydrogen) atoms. The monoisotopic (exact) mass is 268 g/mol. The van der Waals surface area contributed by atoms with Crippen LogP contribution >= 0.6 is 11.6 Å². The molecule has 2 rings (SSSR count). The van der Waals surface area contributed by atoms with Crippen LogP contribution in [0.1, 0.15) is 29.8 Å². The molecule has 1 aromatic rings. The summed E-state index contributed by atoms with van der Waals surface area (Å²) < 4.78 is 5.48. The van der Waals surface area contributed by atoms with E-state index in [4.69, 9.17) is 16.3 Å². The predicted molar refractivity (Wildman–Crippen MR) is 69.7 cm³/mol. The molecule has 4 nitrogen and oxygen atoms in total. The van der Waals surface area contributed by atoms with Crippen molar-refractivity contribution in [1.82, 2.24) is 10.3 Å². The summed E-state index contributed by atoms with van der Waals surface area (Å²) in [4.78, 5) is 15.6. The molecule has 1 N–H and O–H groups in total. The summed E-state index contributed by atoms with van der Waals surface area (Å²) in [5, 5.41) is 3.31. The van der Waals surface area contributed by atoms with Crippen LogP contribution in [0.15, 0.2) is 18.3 Å². The van der Waals surface area contributed by atoms with Crippen molar-refractivity contribution in [1.29, 1.82) is 0 Å². The second-order valence-electron chi connectivity index (χ2n) is 4.49. The first kappa shape index (κ1) is 13.3.